The topological polar surface area (TPSA) is 98.6 Å². The Morgan fingerprint density at radius 2 is 1.75 bits per heavy atom. The molecule has 0 saturated heterocycles. The van der Waals surface area contributed by atoms with Crippen LogP contribution in [0.25, 0.3) is 0 Å². The van der Waals surface area contributed by atoms with Gasteiger partial charge < -0.3 is 0 Å². The Morgan fingerprint density at radius 1 is 1.17 bits per heavy atom. The summed E-state index contributed by atoms with van der Waals surface area (Å²) in [6, 6.07) is -2.64. The Hall–Kier alpha value is -1.79. The molecule has 0 fully saturated rings. The molecule has 12 heavy (non-hydrogen) atoms. The molecule has 1 rings (SSSR count). The molecule has 7 nitrogen and oxygen atoms in total. The van der Waals surface area contributed by atoms with Gasteiger partial charge in [0.2, 0.25) is 0 Å². The summed E-state index contributed by atoms with van der Waals surface area (Å²) >= 11 is 0. The number of nitro groups is 2. The summed E-state index contributed by atoms with van der Waals surface area (Å²) in [5.74, 6) is 0. The highest BCUT2D eigenvalue weighted by Gasteiger charge is 2.38. The first-order chi connectivity index (χ1) is 5.63. The Bertz CT molecular complexity index is 244. The molecule has 1 aliphatic rings. The minimum atomic E-state index is -1.34. The molecule has 1 aliphatic heterocycles. The van der Waals surface area contributed by atoms with E-state index in [1.54, 1.807) is 0 Å². The predicted octanol–water partition coefficient (Wildman–Crippen LogP) is -0.125. The fourth-order valence-electron chi connectivity index (χ4n) is 0.852. The van der Waals surface area contributed by atoms with Crippen molar-refractivity contribution < 1.29 is 9.85 Å². The molecule has 0 radical (unpaired) electrons. The maximum Gasteiger partial charge on any atom is 0.317 e. The third-order valence-electron chi connectivity index (χ3n) is 1.44. The second-order valence-electron chi connectivity index (χ2n) is 2.19. The van der Waals surface area contributed by atoms with Crippen LogP contribution in [0, 0.1) is 20.2 Å². The molecule has 0 aromatic carbocycles. The van der Waals surface area contributed by atoms with Gasteiger partial charge >= 0.3 is 12.1 Å². The van der Waals surface area contributed by atoms with Crippen molar-refractivity contribution in [1.29, 1.82) is 0 Å². The monoisotopic (exact) mass is 171 g/mol. The molecule has 2 atom stereocenters. The van der Waals surface area contributed by atoms with Crippen LogP contribution in [-0.2, 0) is 0 Å². The van der Waals surface area contributed by atoms with Crippen molar-refractivity contribution >= 4 is 6.21 Å². The first kappa shape index (κ1) is 8.31. The van der Waals surface area contributed by atoms with E-state index in [4.69, 9.17) is 0 Å². The summed E-state index contributed by atoms with van der Waals surface area (Å²) in [6.07, 6.45) is 3.26. The lowest BCUT2D eigenvalue weighted by Gasteiger charge is -2.08. The molecule has 7 heteroatoms. The molecule has 0 spiro atoms. The number of hydrogen-bond acceptors (Lipinski definition) is 5. The zero-order valence-electron chi connectivity index (χ0n) is 5.86. The van der Waals surface area contributed by atoms with E-state index in [1.807, 2.05) is 0 Å². The van der Waals surface area contributed by atoms with Gasteiger partial charge in [-0.15, -0.1) is 0 Å². The second kappa shape index (κ2) is 3.07. The van der Waals surface area contributed by atoms with Gasteiger partial charge in [0.25, 0.3) is 0 Å². The molecule has 0 amide bonds. The van der Waals surface area contributed by atoms with Crippen LogP contribution >= 0.6 is 0 Å². The fraction of sp³-hybridized carbons (Fsp3) is 0.400. The summed E-state index contributed by atoms with van der Waals surface area (Å²) in [4.78, 5) is 22.5. The third kappa shape index (κ3) is 1.44. The lowest BCUT2D eigenvalue weighted by molar-refractivity contribution is -0.593. The van der Waals surface area contributed by atoms with Crippen molar-refractivity contribution in [3.8, 4) is 0 Å². The number of nitrogens with zero attached hydrogens (tertiary/aromatic N) is 3. The van der Waals surface area contributed by atoms with Crippen LogP contribution in [-0.4, -0.2) is 28.1 Å². The SMILES string of the molecule is O=[N+]([O-])C1C=CN=CC1[N+](=O)[O-]. The number of rotatable bonds is 2. The standard InChI is InChI=1S/C5H5N3O4/c9-7(10)4-1-2-6-3-5(4)8(11)12/h1-5H. The molecule has 0 aromatic heterocycles. The van der Waals surface area contributed by atoms with E-state index in [2.05, 4.69) is 4.99 Å². The van der Waals surface area contributed by atoms with E-state index in [1.165, 1.54) is 6.20 Å². The molecule has 0 bridgehead atoms. The Balaban J connectivity index is 2.85. The number of hydrogen-bond donors (Lipinski definition) is 0. The Labute approximate surface area is 66.7 Å². The van der Waals surface area contributed by atoms with E-state index in [-0.39, 0.29) is 0 Å². The average molecular weight is 171 g/mol. The van der Waals surface area contributed by atoms with Crippen LogP contribution in [0.4, 0.5) is 0 Å². The Kier molecular flexibility index (Phi) is 2.13. The summed E-state index contributed by atoms with van der Waals surface area (Å²) in [5.41, 5.74) is 0. The van der Waals surface area contributed by atoms with Crippen LogP contribution in [0.15, 0.2) is 17.3 Å². The lowest BCUT2D eigenvalue weighted by Crippen LogP contribution is -2.40. The first-order valence-corrected chi connectivity index (χ1v) is 3.10. The molecule has 1 heterocycles. The molecule has 0 aromatic rings. The highest BCUT2D eigenvalue weighted by Crippen LogP contribution is 2.06. The minimum Gasteiger partial charge on any atom is -0.264 e. The summed E-state index contributed by atoms with van der Waals surface area (Å²) in [5, 5.41) is 20.5. The lowest BCUT2D eigenvalue weighted by atomic mass is 10.1. The summed E-state index contributed by atoms with van der Waals surface area (Å²) in [6.45, 7) is 0. The van der Waals surface area contributed by atoms with Gasteiger partial charge in [0.1, 0.15) is 0 Å². The van der Waals surface area contributed by atoms with Crippen LogP contribution in [0.1, 0.15) is 0 Å². The second-order valence-corrected chi connectivity index (χ2v) is 2.19. The summed E-state index contributed by atoms with van der Waals surface area (Å²) in [7, 11) is 0. The largest absolute Gasteiger partial charge is 0.317 e. The van der Waals surface area contributed by atoms with Crippen molar-refractivity contribution in [2.24, 2.45) is 4.99 Å². The summed E-state index contributed by atoms with van der Waals surface area (Å²) < 4.78 is 0. The van der Waals surface area contributed by atoms with Gasteiger partial charge in [-0.3, -0.25) is 25.2 Å². The quantitative estimate of drug-likeness (QED) is 0.427. The van der Waals surface area contributed by atoms with Crippen molar-refractivity contribution in [2.75, 3.05) is 0 Å². The maximum absolute atomic E-state index is 10.3. The van der Waals surface area contributed by atoms with Gasteiger partial charge in [0.05, 0.1) is 6.21 Å². The van der Waals surface area contributed by atoms with Gasteiger partial charge in [-0.25, -0.2) is 0 Å². The van der Waals surface area contributed by atoms with Gasteiger partial charge in [0, 0.05) is 22.1 Å². The van der Waals surface area contributed by atoms with E-state index >= 15 is 0 Å². The predicted molar refractivity (Wildman–Crippen MR) is 39.2 cm³/mol. The van der Waals surface area contributed by atoms with Crippen molar-refractivity contribution in [2.45, 2.75) is 12.1 Å². The van der Waals surface area contributed by atoms with E-state index < -0.39 is 21.9 Å². The average Bonchev–Trinajstić information content (AvgIpc) is 2.04. The minimum absolute atomic E-state index is 0.699. The highest BCUT2D eigenvalue weighted by molar-refractivity contribution is 5.66. The first-order valence-electron chi connectivity index (χ1n) is 3.10. The molecular formula is C5H5N3O4. The number of aliphatic imine (C=N–C) groups is 1. The van der Waals surface area contributed by atoms with Gasteiger partial charge in [-0.2, -0.15) is 0 Å². The maximum atomic E-state index is 10.3. The van der Waals surface area contributed by atoms with E-state index in [9.17, 15) is 20.2 Å². The van der Waals surface area contributed by atoms with Gasteiger partial charge in [0.15, 0.2) is 0 Å². The molecule has 2 unspecified atom stereocenters. The third-order valence-corrected chi connectivity index (χ3v) is 1.44. The van der Waals surface area contributed by atoms with E-state index in [0.717, 1.165) is 12.3 Å². The van der Waals surface area contributed by atoms with Crippen LogP contribution in [0.3, 0.4) is 0 Å². The Morgan fingerprint density at radius 3 is 2.17 bits per heavy atom. The van der Waals surface area contributed by atoms with Gasteiger partial charge in [-0.1, -0.05) is 0 Å². The molecule has 64 valence electrons. The fourth-order valence-corrected chi connectivity index (χ4v) is 0.852. The van der Waals surface area contributed by atoms with Crippen LogP contribution in [0.2, 0.25) is 0 Å². The van der Waals surface area contributed by atoms with Gasteiger partial charge in [-0.05, 0) is 0 Å². The van der Waals surface area contributed by atoms with Crippen LogP contribution < -0.4 is 0 Å². The van der Waals surface area contributed by atoms with Crippen molar-refractivity contribution in [1.82, 2.24) is 0 Å². The molecular weight excluding hydrogens is 166 g/mol. The molecule has 0 aliphatic carbocycles. The zero-order valence-corrected chi connectivity index (χ0v) is 5.86. The zero-order chi connectivity index (χ0) is 9.14. The van der Waals surface area contributed by atoms with E-state index in [0.29, 0.717) is 0 Å². The van der Waals surface area contributed by atoms with Crippen molar-refractivity contribution in [3.63, 3.8) is 0 Å². The van der Waals surface area contributed by atoms with Crippen molar-refractivity contribution in [3.05, 3.63) is 32.5 Å². The normalized spacial score (nSPS) is 27.0. The molecule has 0 saturated carbocycles. The van der Waals surface area contributed by atoms with Crippen LogP contribution in [0.5, 0.6) is 0 Å². The highest BCUT2D eigenvalue weighted by atomic mass is 16.6. The smallest absolute Gasteiger partial charge is 0.264 e. The molecule has 0 N–H and O–H groups in total.